The molecule has 184 valence electrons. The number of aromatic amines is 1. The highest BCUT2D eigenvalue weighted by molar-refractivity contribution is 6.18. The molecule has 2 atom stereocenters. The van der Waals surface area contributed by atoms with E-state index in [0.717, 1.165) is 25.0 Å². The van der Waals surface area contributed by atoms with E-state index >= 15 is 4.39 Å². The van der Waals surface area contributed by atoms with Crippen LogP contribution in [-0.4, -0.2) is 48.0 Å². The predicted molar refractivity (Wildman–Crippen MR) is 133 cm³/mol. The standard InChI is InChI=1S/C26H26FN7O2/c27-24-18(7-9-21(34-24)32-16-6-8-20(28-11-16)14-4-5-14)23(36)19-12-29-25-22(19)26(31-13-30-25)33-15-2-1-3-17(35)10-15/h6-9,11-15,17,35H,1-5,10H2,(H,32,34)(H2,29,30,31,33)/t15-,17-/m1/s1. The maximum absolute atomic E-state index is 15.0. The summed E-state index contributed by atoms with van der Waals surface area (Å²) in [5.41, 5.74) is 2.35. The number of nitrogens with one attached hydrogen (secondary N) is 3. The van der Waals surface area contributed by atoms with Crippen LogP contribution in [0.2, 0.25) is 0 Å². The Morgan fingerprint density at radius 2 is 1.94 bits per heavy atom. The van der Waals surface area contributed by atoms with Crippen molar-refractivity contribution in [3.63, 3.8) is 0 Å². The smallest absolute Gasteiger partial charge is 0.226 e. The van der Waals surface area contributed by atoms with E-state index in [-0.39, 0.29) is 29.1 Å². The molecule has 2 saturated carbocycles. The van der Waals surface area contributed by atoms with Crippen molar-refractivity contribution in [2.45, 2.75) is 56.6 Å². The van der Waals surface area contributed by atoms with E-state index in [2.05, 4.69) is 35.6 Å². The van der Waals surface area contributed by atoms with Crippen LogP contribution in [0, 0.1) is 5.95 Å². The van der Waals surface area contributed by atoms with Gasteiger partial charge >= 0.3 is 0 Å². The number of pyridine rings is 2. The average molecular weight is 488 g/mol. The fourth-order valence-electron chi connectivity index (χ4n) is 4.81. The monoisotopic (exact) mass is 487 g/mol. The number of carbonyl (C=O) groups is 1. The molecule has 2 aliphatic carbocycles. The van der Waals surface area contributed by atoms with Crippen LogP contribution in [0.3, 0.4) is 0 Å². The van der Waals surface area contributed by atoms with Crippen LogP contribution < -0.4 is 10.6 Å². The largest absolute Gasteiger partial charge is 0.393 e. The lowest BCUT2D eigenvalue weighted by atomic mass is 9.93. The van der Waals surface area contributed by atoms with Gasteiger partial charge < -0.3 is 20.7 Å². The number of aliphatic hydroxyl groups is 1. The van der Waals surface area contributed by atoms with E-state index in [1.165, 1.54) is 31.4 Å². The first-order valence-corrected chi connectivity index (χ1v) is 12.3. The molecular weight excluding hydrogens is 461 g/mol. The van der Waals surface area contributed by atoms with Crippen molar-refractivity contribution in [1.82, 2.24) is 24.9 Å². The van der Waals surface area contributed by atoms with Gasteiger partial charge in [-0.25, -0.2) is 15.0 Å². The highest BCUT2D eigenvalue weighted by atomic mass is 19.1. The van der Waals surface area contributed by atoms with Crippen molar-refractivity contribution in [3.05, 3.63) is 65.8 Å². The summed E-state index contributed by atoms with van der Waals surface area (Å²) in [6.07, 6.45) is 9.79. The van der Waals surface area contributed by atoms with Crippen LogP contribution in [0.25, 0.3) is 11.0 Å². The Morgan fingerprint density at radius 3 is 2.69 bits per heavy atom. The van der Waals surface area contributed by atoms with E-state index in [4.69, 9.17) is 0 Å². The third-order valence-corrected chi connectivity index (χ3v) is 6.85. The number of nitrogens with zero attached hydrogens (tertiary/aromatic N) is 4. The number of hydrogen-bond acceptors (Lipinski definition) is 8. The first kappa shape index (κ1) is 22.5. The maximum atomic E-state index is 15.0. The zero-order valence-electron chi connectivity index (χ0n) is 19.5. The fourth-order valence-corrected chi connectivity index (χ4v) is 4.81. The minimum Gasteiger partial charge on any atom is -0.393 e. The van der Waals surface area contributed by atoms with Crippen LogP contribution in [0.15, 0.2) is 43.0 Å². The quantitative estimate of drug-likeness (QED) is 0.222. The molecule has 2 aliphatic rings. The van der Waals surface area contributed by atoms with Crippen molar-refractivity contribution in [3.8, 4) is 0 Å². The molecule has 0 saturated heterocycles. The normalized spacial score (nSPS) is 19.8. The van der Waals surface area contributed by atoms with Gasteiger partial charge in [-0.2, -0.15) is 4.39 Å². The molecule has 0 aliphatic heterocycles. The third kappa shape index (κ3) is 4.51. The molecule has 9 nitrogen and oxygen atoms in total. The number of anilines is 3. The molecule has 4 aromatic heterocycles. The number of H-pyrrole nitrogens is 1. The third-order valence-electron chi connectivity index (χ3n) is 6.85. The van der Waals surface area contributed by atoms with Gasteiger partial charge in [-0.05, 0) is 62.8 Å². The van der Waals surface area contributed by atoms with Gasteiger partial charge in [0.1, 0.15) is 23.6 Å². The average Bonchev–Trinajstić information content (AvgIpc) is 3.63. The van der Waals surface area contributed by atoms with Gasteiger partial charge in [0.15, 0.2) is 5.78 Å². The summed E-state index contributed by atoms with van der Waals surface area (Å²) in [5, 5.41) is 16.9. The molecule has 10 heteroatoms. The SMILES string of the molecule is O=C(c1ccc(Nc2ccc(C3CC3)nc2)nc1F)c1c[nH]c2ncnc(N[C@@H]3CCC[C@@H](O)C3)c12. The molecule has 0 unspecified atom stereocenters. The van der Waals surface area contributed by atoms with Crippen LogP contribution in [-0.2, 0) is 0 Å². The Hall–Kier alpha value is -3.92. The number of rotatable bonds is 7. The molecule has 4 aromatic rings. The summed E-state index contributed by atoms with van der Waals surface area (Å²) in [5.74, 6) is -0.0683. The number of hydrogen-bond donors (Lipinski definition) is 4. The highest BCUT2D eigenvalue weighted by Gasteiger charge is 2.26. The van der Waals surface area contributed by atoms with Gasteiger partial charge in [-0.15, -0.1) is 0 Å². The number of halogens is 1. The second-order valence-electron chi connectivity index (χ2n) is 9.54. The molecular formula is C26H26FN7O2. The minimum atomic E-state index is -0.872. The molecule has 0 aromatic carbocycles. The highest BCUT2D eigenvalue weighted by Crippen LogP contribution is 2.39. The van der Waals surface area contributed by atoms with Crippen molar-refractivity contribution >= 4 is 34.1 Å². The van der Waals surface area contributed by atoms with E-state index in [1.54, 1.807) is 12.3 Å². The van der Waals surface area contributed by atoms with Crippen LogP contribution in [0.4, 0.5) is 21.7 Å². The zero-order chi connectivity index (χ0) is 24.6. The topological polar surface area (TPSA) is 129 Å². The first-order valence-electron chi connectivity index (χ1n) is 12.3. The van der Waals surface area contributed by atoms with Crippen molar-refractivity contribution in [2.75, 3.05) is 10.6 Å². The Kier molecular flexibility index (Phi) is 5.80. The van der Waals surface area contributed by atoms with E-state index < -0.39 is 11.7 Å². The first-order chi connectivity index (χ1) is 17.5. The van der Waals surface area contributed by atoms with Crippen molar-refractivity contribution in [1.29, 1.82) is 0 Å². The Labute approximate surface area is 206 Å². The van der Waals surface area contributed by atoms with Crippen LogP contribution in [0.5, 0.6) is 0 Å². The molecule has 4 N–H and O–H groups in total. The number of fused-ring (bicyclic) bond motifs is 1. The lowest BCUT2D eigenvalue weighted by molar-refractivity contribution is 0.103. The summed E-state index contributed by atoms with van der Waals surface area (Å²) in [6, 6.07) is 6.88. The minimum absolute atomic E-state index is 0.0290. The molecule has 0 spiro atoms. The fraction of sp³-hybridized carbons (Fsp3) is 0.346. The Balaban J connectivity index is 1.24. The molecule has 4 heterocycles. The Bertz CT molecular complexity index is 1420. The van der Waals surface area contributed by atoms with Gasteiger partial charge in [0.25, 0.3) is 0 Å². The van der Waals surface area contributed by atoms with E-state index in [9.17, 15) is 9.90 Å². The molecule has 0 radical (unpaired) electrons. The van der Waals surface area contributed by atoms with Gasteiger partial charge in [0.2, 0.25) is 5.95 Å². The zero-order valence-corrected chi connectivity index (χ0v) is 19.5. The van der Waals surface area contributed by atoms with Crippen LogP contribution in [0.1, 0.15) is 66.1 Å². The van der Waals surface area contributed by atoms with E-state index in [1.807, 2.05) is 12.1 Å². The van der Waals surface area contributed by atoms with Crippen molar-refractivity contribution < 1.29 is 14.3 Å². The van der Waals surface area contributed by atoms with Crippen LogP contribution >= 0.6 is 0 Å². The molecule has 36 heavy (non-hydrogen) atoms. The number of aliphatic hydroxyl groups excluding tert-OH is 1. The molecule has 0 bridgehead atoms. The second-order valence-corrected chi connectivity index (χ2v) is 9.54. The molecule has 0 amide bonds. The summed E-state index contributed by atoms with van der Waals surface area (Å²) in [6.45, 7) is 0. The lowest BCUT2D eigenvalue weighted by Crippen LogP contribution is -2.30. The maximum Gasteiger partial charge on any atom is 0.226 e. The number of aromatic nitrogens is 5. The van der Waals surface area contributed by atoms with Gasteiger partial charge in [-0.3, -0.25) is 9.78 Å². The van der Waals surface area contributed by atoms with Gasteiger partial charge in [-0.1, -0.05) is 0 Å². The van der Waals surface area contributed by atoms with Crippen molar-refractivity contribution in [2.24, 2.45) is 0 Å². The summed E-state index contributed by atoms with van der Waals surface area (Å²) in [7, 11) is 0. The van der Waals surface area contributed by atoms with Gasteiger partial charge in [0, 0.05) is 23.9 Å². The predicted octanol–water partition coefficient (Wildman–Crippen LogP) is 4.45. The summed E-state index contributed by atoms with van der Waals surface area (Å²) < 4.78 is 15.0. The Morgan fingerprint density at radius 1 is 1.06 bits per heavy atom. The lowest BCUT2D eigenvalue weighted by Gasteiger charge is -2.27. The van der Waals surface area contributed by atoms with E-state index in [0.29, 0.717) is 34.9 Å². The summed E-state index contributed by atoms with van der Waals surface area (Å²) in [4.78, 5) is 33.3. The van der Waals surface area contributed by atoms with Gasteiger partial charge in [0.05, 0.1) is 34.5 Å². The number of carbonyl (C=O) groups excluding carboxylic acids is 1. The second kappa shape index (κ2) is 9.27. The summed E-state index contributed by atoms with van der Waals surface area (Å²) >= 11 is 0. The molecule has 2 fully saturated rings. The molecule has 6 rings (SSSR count). The number of ketones is 1.